The van der Waals surface area contributed by atoms with Gasteiger partial charge in [-0.3, -0.25) is 9.59 Å². The highest BCUT2D eigenvalue weighted by molar-refractivity contribution is 5.97. The Balaban J connectivity index is 1.90. The maximum absolute atomic E-state index is 12.2. The first-order valence-corrected chi connectivity index (χ1v) is 15.2. The quantitative estimate of drug-likeness (QED) is 0.147. The second kappa shape index (κ2) is 22.4. The van der Waals surface area contributed by atoms with Crippen LogP contribution in [-0.2, 0) is 4.79 Å². The van der Waals surface area contributed by atoms with Crippen LogP contribution < -0.4 is 10.6 Å². The normalized spacial score (nSPS) is 11.1. The molecule has 0 saturated heterocycles. The third-order valence-corrected chi connectivity index (χ3v) is 6.84. The summed E-state index contributed by atoms with van der Waals surface area (Å²) >= 11 is 0. The number of anilines is 1. The fourth-order valence-electron chi connectivity index (χ4n) is 4.67. The molecule has 1 aromatic carbocycles. The van der Waals surface area contributed by atoms with Gasteiger partial charge in [0.2, 0.25) is 5.91 Å². The van der Waals surface area contributed by atoms with E-state index in [1.807, 2.05) is 26.0 Å². The van der Waals surface area contributed by atoms with E-state index in [0.717, 1.165) is 12.8 Å². The Morgan fingerprint density at radius 1 is 0.667 bits per heavy atom. The summed E-state index contributed by atoms with van der Waals surface area (Å²) in [5, 5.41) is 5.81. The second-order valence-electron chi connectivity index (χ2n) is 10.9. The molecular weight excluding hydrogens is 444 g/mol. The van der Waals surface area contributed by atoms with E-state index in [9.17, 15) is 9.59 Å². The Hall–Kier alpha value is -1.84. The lowest BCUT2D eigenvalue weighted by Gasteiger charge is -2.10. The van der Waals surface area contributed by atoms with Crippen molar-refractivity contribution in [3.8, 4) is 0 Å². The highest BCUT2D eigenvalue weighted by Crippen LogP contribution is 2.16. The number of unbranched alkanes of at least 4 members (excludes halogenated alkanes) is 18. The van der Waals surface area contributed by atoms with Crippen LogP contribution in [0.3, 0.4) is 0 Å². The smallest absolute Gasteiger partial charge is 0.251 e. The zero-order chi connectivity index (χ0) is 26.3. The lowest BCUT2D eigenvalue weighted by atomic mass is 10.0. The molecule has 0 aliphatic heterocycles. The summed E-state index contributed by atoms with van der Waals surface area (Å²) in [5.74, 6) is -0.0803. The molecule has 0 aliphatic rings. The van der Waals surface area contributed by atoms with Crippen molar-refractivity contribution in [2.45, 2.75) is 155 Å². The summed E-state index contributed by atoms with van der Waals surface area (Å²) in [5.41, 5.74) is 1.26. The Kier molecular flexibility index (Phi) is 20.0. The number of benzene rings is 1. The SMILES string of the molecule is CCCCCCCCCCCCCCCCCCCCCC(=O)Nc1cccc(C(=O)NC(C)C)c1. The van der Waals surface area contributed by atoms with Crippen LogP contribution in [-0.4, -0.2) is 17.9 Å². The van der Waals surface area contributed by atoms with Gasteiger partial charge >= 0.3 is 0 Å². The van der Waals surface area contributed by atoms with Crippen molar-refractivity contribution in [2.24, 2.45) is 0 Å². The lowest BCUT2D eigenvalue weighted by Crippen LogP contribution is -2.30. The van der Waals surface area contributed by atoms with E-state index < -0.39 is 0 Å². The zero-order valence-corrected chi connectivity index (χ0v) is 23.8. The molecule has 2 N–H and O–H groups in total. The minimum Gasteiger partial charge on any atom is -0.350 e. The van der Waals surface area contributed by atoms with Crippen molar-refractivity contribution >= 4 is 17.5 Å². The monoisotopic (exact) mass is 500 g/mol. The summed E-state index contributed by atoms with van der Waals surface area (Å²) in [4.78, 5) is 24.4. The first-order valence-electron chi connectivity index (χ1n) is 15.2. The number of nitrogens with one attached hydrogen (secondary N) is 2. The van der Waals surface area contributed by atoms with E-state index in [1.54, 1.807) is 12.1 Å². The molecule has 1 aromatic rings. The van der Waals surface area contributed by atoms with Crippen molar-refractivity contribution in [1.82, 2.24) is 5.32 Å². The number of carbonyl (C=O) groups excluding carboxylic acids is 2. The molecule has 1 rings (SSSR count). The topological polar surface area (TPSA) is 58.2 Å². The van der Waals surface area contributed by atoms with Gasteiger partial charge in [0.25, 0.3) is 5.91 Å². The van der Waals surface area contributed by atoms with Crippen LogP contribution in [0.15, 0.2) is 24.3 Å². The largest absolute Gasteiger partial charge is 0.350 e. The summed E-state index contributed by atoms with van der Waals surface area (Å²) < 4.78 is 0. The predicted octanol–water partition coefficient (Wildman–Crippen LogP) is 9.59. The standard InChI is InChI=1S/C32H56N2O2/c1-4-5-6-7-8-9-10-11-12-13-14-15-16-17-18-19-20-21-22-26-31(35)34-30-25-23-24-29(27-30)32(36)33-28(2)3/h23-25,27-28H,4-22,26H2,1-3H3,(H,33,36)(H,34,35). The zero-order valence-electron chi connectivity index (χ0n) is 23.8. The van der Waals surface area contributed by atoms with E-state index in [-0.39, 0.29) is 17.9 Å². The van der Waals surface area contributed by atoms with Gasteiger partial charge in [-0.05, 0) is 38.5 Å². The molecule has 0 unspecified atom stereocenters. The molecule has 0 spiro atoms. The summed E-state index contributed by atoms with van der Waals surface area (Å²) in [6.07, 6.45) is 26.2. The molecule has 4 heteroatoms. The predicted molar refractivity (Wildman–Crippen MR) is 156 cm³/mol. The van der Waals surface area contributed by atoms with Crippen LogP contribution in [0.4, 0.5) is 5.69 Å². The number of carbonyl (C=O) groups is 2. The van der Waals surface area contributed by atoms with Gasteiger partial charge in [-0.1, -0.05) is 129 Å². The van der Waals surface area contributed by atoms with Gasteiger partial charge in [0.15, 0.2) is 0 Å². The van der Waals surface area contributed by atoms with Gasteiger partial charge < -0.3 is 10.6 Å². The van der Waals surface area contributed by atoms with E-state index in [0.29, 0.717) is 17.7 Å². The first-order chi connectivity index (χ1) is 17.5. The van der Waals surface area contributed by atoms with Crippen molar-refractivity contribution in [2.75, 3.05) is 5.32 Å². The molecule has 0 saturated carbocycles. The molecule has 36 heavy (non-hydrogen) atoms. The fraction of sp³-hybridized carbons (Fsp3) is 0.750. The third-order valence-electron chi connectivity index (χ3n) is 6.84. The van der Waals surface area contributed by atoms with Gasteiger partial charge in [-0.2, -0.15) is 0 Å². The maximum Gasteiger partial charge on any atom is 0.251 e. The molecule has 0 atom stereocenters. The highest BCUT2D eigenvalue weighted by atomic mass is 16.2. The van der Waals surface area contributed by atoms with Crippen molar-refractivity contribution < 1.29 is 9.59 Å². The second-order valence-corrected chi connectivity index (χ2v) is 10.9. The summed E-state index contributed by atoms with van der Waals surface area (Å²) in [7, 11) is 0. The van der Waals surface area contributed by atoms with Gasteiger partial charge in [0, 0.05) is 23.7 Å². The van der Waals surface area contributed by atoms with Crippen molar-refractivity contribution in [1.29, 1.82) is 0 Å². The van der Waals surface area contributed by atoms with Crippen LogP contribution in [0, 0.1) is 0 Å². The van der Waals surface area contributed by atoms with Crippen molar-refractivity contribution in [3.63, 3.8) is 0 Å². The van der Waals surface area contributed by atoms with E-state index >= 15 is 0 Å². The van der Waals surface area contributed by atoms with Crippen LogP contribution in [0.1, 0.15) is 160 Å². The van der Waals surface area contributed by atoms with Crippen LogP contribution >= 0.6 is 0 Å². The van der Waals surface area contributed by atoms with E-state index in [4.69, 9.17) is 0 Å². The average Bonchev–Trinajstić information content (AvgIpc) is 2.85. The van der Waals surface area contributed by atoms with Crippen molar-refractivity contribution in [3.05, 3.63) is 29.8 Å². The minimum absolute atomic E-state index is 0.0309. The number of rotatable bonds is 23. The van der Waals surface area contributed by atoms with Gasteiger partial charge in [-0.15, -0.1) is 0 Å². The van der Waals surface area contributed by atoms with E-state index in [2.05, 4.69) is 17.6 Å². The van der Waals surface area contributed by atoms with Gasteiger partial charge in [-0.25, -0.2) is 0 Å². The Bertz CT molecular complexity index is 686. The highest BCUT2D eigenvalue weighted by Gasteiger charge is 2.09. The summed E-state index contributed by atoms with van der Waals surface area (Å²) in [6, 6.07) is 7.24. The number of hydrogen-bond donors (Lipinski definition) is 2. The molecule has 206 valence electrons. The minimum atomic E-state index is -0.111. The number of amides is 2. The van der Waals surface area contributed by atoms with Gasteiger partial charge in [0.05, 0.1) is 0 Å². The third kappa shape index (κ3) is 18.4. The Morgan fingerprint density at radius 2 is 1.11 bits per heavy atom. The molecule has 0 aromatic heterocycles. The Morgan fingerprint density at radius 3 is 1.56 bits per heavy atom. The summed E-state index contributed by atoms with van der Waals surface area (Å²) in [6.45, 7) is 6.15. The molecule has 0 bridgehead atoms. The molecule has 0 aliphatic carbocycles. The molecular formula is C32H56N2O2. The van der Waals surface area contributed by atoms with E-state index in [1.165, 1.54) is 109 Å². The fourth-order valence-corrected chi connectivity index (χ4v) is 4.67. The number of hydrogen-bond acceptors (Lipinski definition) is 2. The maximum atomic E-state index is 12.2. The molecule has 0 radical (unpaired) electrons. The Labute approximate surface area is 222 Å². The average molecular weight is 501 g/mol. The molecule has 0 fully saturated rings. The molecule has 0 heterocycles. The first kappa shape index (κ1) is 32.2. The van der Waals surface area contributed by atoms with Gasteiger partial charge in [0.1, 0.15) is 0 Å². The molecule has 2 amide bonds. The van der Waals surface area contributed by atoms with Crippen LogP contribution in [0.2, 0.25) is 0 Å². The van der Waals surface area contributed by atoms with Crippen LogP contribution in [0.5, 0.6) is 0 Å². The van der Waals surface area contributed by atoms with Crippen LogP contribution in [0.25, 0.3) is 0 Å². The molecule has 4 nitrogen and oxygen atoms in total. The lowest BCUT2D eigenvalue weighted by molar-refractivity contribution is -0.116.